The first-order chi connectivity index (χ1) is 12.5. The zero-order valence-corrected chi connectivity index (χ0v) is 15.5. The molecule has 1 saturated heterocycles. The second kappa shape index (κ2) is 6.58. The smallest absolute Gasteiger partial charge is 0.243 e. The van der Waals surface area contributed by atoms with Crippen LogP contribution < -0.4 is 0 Å². The lowest BCUT2D eigenvalue weighted by molar-refractivity contribution is 0.382. The number of fused-ring (bicyclic) bond motifs is 1. The fourth-order valence-corrected chi connectivity index (χ4v) is 5.48. The topological polar surface area (TPSA) is 57.6 Å². The Labute approximate surface area is 157 Å². The normalized spacial score (nSPS) is 18.4. The van der Waals surface area contributed by atoms with E-state index in [0.29, 0.717) is 23.6 Å². The van der Waals surface area contributed by atoms with Gasteiger partial charge in [-0.1, -0.05) is 41.9 Å². The van der Waals surface area contributed by atoms with Crippen LogP contribution in [-0.4, -0.2) is 24.4 Å². The number of hydrogen-bond donors (Lipinski definition) is 1. The monoisotopic (exact) mass is 387 g/mol. The molecule has 1 aliphatic rings. The van der Waals surface area contributed by atoms with Crippen molar-refractivity contribution in [3.05, 3.63) is 71.2 Å². The van der Waals surface area contributed by atoms with E-state index in [1.807, 2.05) is 30.3 Å². The Morgan fingerprint density at radius 2 is 1.73 bits per heavy atom. The molecule has 0 aliphatic carbocycles. The summed E-state index contributed by atoms with van der Waals surface area (Å²) in [6, 6.07) is 17.0. The molecular formula is C20H18ClNO3S. The molecule has 0 bridgehead atoms. The zero-order chi connectivity index (χ0) is 18.3. The average molecular weight is 388 g/mol. The van der Waals surface area contributed by atoms with Crippen molar-refractivity contribution in [2.24, 2.45) is 0 Å². The first-order valence-electron chi connectivity index (χ1n) is 8.46. The number of aromatic hydroxyl groups is 1. The number of phenolic OH excluding ortho intramolecular Hbond substituents is 1. The third kappa shape index (κ3) is 2.86. The van der Waals surface area contributed by atoms with Crippen molar-refractivity contribution in [3.63, 3.8) is 0 Å². The largest absolute Gasteiger partial charge is 0.508 e. The maximum atomic E-state index is 13.2. The van der Waals surface area contributed by atoms with Crippen LogP contribution in [0.1, 0.15) is 24.4 Å². The Bertz CT molecular complexity index is 1060. The molecular weight excluding hydrogens is 370 g/mol. The van der Waals surface area contributed by atoms with Gasteiger partial charge in [0.1, 0.15) is 5.75 Å². The number of rotatable bonds is 3. The molecule has 1 fully saturated rings. The molecule has 26 heavy (non-hydrogen) atoms. The minimum Gasteiger partial charge on any atom is -0.508 e. The van der Waals surface area contributed by atoms with Crippen LogP contribution in [0.25, 0.3) is 10.8 Å². The first-order valence-corrected chi connectivity index (χ1v) is 10.3. The minimum atomic E-state index is -3.67. The van der Waals surface area contributed by atoms with Crippen molar-refractivity contribution in [3.8, 4) is 5.75 Å². The summed E-state index contributed by atoms with van der Waals surface area (Å²) in [7, 11) is -3.67. The molecule has 1 aliphatic heterocycles. The van der Waals surface area contributed by atoms with Gasteiger partial charge in [-0.3, -0.25) is 0 Å². The van der Waals surface area contributed by atoms with E-state index in [4.69, 9.17) is 11.6 Å². The Morgan fingerprint density at radius 1 is 1.00 bits per heavy atom. The van der Waals surface area contributed by atoms with E-state index in [2.05, 4.69) is 0 Å². The predicted molar refractivity (Wildman–Crippen MR) is 103 cm³/mol. The molecule has 1 unspecified atom stereocenters. The van der Waals surface area contributed by atoms with Crippen LogP contribution in [0.3, 0.4) is 0 Å². The van der Waals surface area contributed by atoms with Crippen LogP contribution >= 0.6 is 11.6 Å². The fourth-order valence-electron chi connectivity index (χ4n) is 3.69. The third-order valence-corrected chi connectivity index (χ3v) is 7.08. The number of sulfonamides is 1. The molecule has 1 heterocycles. The van der Waals surface area contributed by atoms with Crippen LogP contribution in [0.2, 0.25) is 5.02 Å². The molecule has 4 nitrogen and oxygen atoms in total. The van der Waals surface area contributed by atoms with Gasteiger partial charge in [-0.05, 0) is 53.9 Å². The van der Waals surface area contributed by atoms with Gasteiger partial charge >= 0.3 is 0 Å². The van der Waals surface area contributed by atoms with E-state index in [0.717, 1.165) is 17.2 Å². The molecule has 1 atom stereocenters. The lowest BCUT2D eigenvalue weighted by Gasteiger charge is -2.26. The van der Waals surface area contributed by atoms with Crippen LogP contribution in [0.5, 0.6) is 5.75 Å². The lowest BCUT2D eigenvalue weighted by atomic mass is 9.97. The Kier molecular flexibility index (Phi) is 4.39. The summed E-state index contributed by atoms with van der Waals surface area (Å²) >= 11 is 5.89. The number of phenols is 1. The minimum absolute atomic E-state index is 0.131. The van der Waals surface area contributed by atoms with Gasteiger partial charge in [0, 0.05) is 17.1 Å². The highest BCUT2D eigenvalue weighted by atomic mass is 35.5. The second-order valence-corrected chi connectivity index (χ2v) is 8.77. The standard InChI is InChI=1S/C20H18ClNO3S/c21-15-8-10-16(11-9-15)26(24,25)22-13-3-6-18(22)20-17-5-2-1-4-14(17)7-12-19(20)23/h1-2,4-5,7-12,18,23H,3,6,13H2. The molecule has 0 amide bonds. The van der Waals surface area contributed by atoms with Gasteiger partial charge in [0.25, 0.3) is 0 Å². The van der Waals surface area contributed by atoms with Gasteiger partial charge in [0.15, 0.2) is 0 Å². The second-order valence-electron chi connectivity index (χ2n) is 6.45. The summed E-state index contributed by atoms with van der Waals surface area (Å²) in [5, 5.41) is 12.9. The molecule has 0 saturated carbocycles. The van der Waals surface area contributed by atoms with Gasteiger partial charge in [-0.25, -0.2) is 8.42 Å². The quantitative estimate of drug-likeness (QED) is 0.707. The van der Waals surface area contributed by atoms with Gasteiger partial charge in [-0.2, -0.15) is 4.31 Å². The number of hydrogen-bond acceptors (Lipinski definition) is 3. The Hall–Kier alpha value is -2.08. The molecule has 4 rings (SSSR count). The molecule has 1 N–H and O–H groups in total. The van der Waals surface area contributed by atoms with Crippen molar-refractivity contribution < 1.29 is 13.5 Å². The third-order valence-electron chi connectivity index (χ3n) is 4.90. The summed E-state index contributed by atoms with van der Waals surface area (Å²) in [4.78, 5) is 0.216. The highest BCUT2D eigenvalue weighted by Crippen LogP contribution is 2.43. The van der Waals surface area contributed by atoms with Gasteiger partial charge in [0.05, 0.1) is 10.9 Å². The lowest BCUT2D eigenvalue weighted by Crippen LogP contribution is -2.30. The van der Waals surface area contributed by atoms with Crippen molar-refractivity contribution in [1.82, 2.24) is 4.31 Å². The highest BCUT2D eigenvalue weighted by Gasteiger charge is 2.38. The summed E-state index contributed by atoms with van der Waals surface area (Å²) in [5.74, 6) is 0.131. The van der Waals surface area contributed by atoms with Crippen molar-refractivity contribution in [1.29, 1.82) is 0 Å². The van der Waals surface area contributed by atoms with E-state index in [-0.39, 0.29) is 16.7 Å². The Morgan fingerprint density at radius 3 is 2.50 bits per heavy atom. The molecule has 134 valence electrons. The predicted octanol–water partition coefficient (Wildman–Crippen LogP) is 4.72. The number of benzene rings is 3. The van der Waals surface area contributed by atoms with Crippen LogP contribution in [0.4, 0.5) is 0 Å². The molecule has 0 spiro atoms. The van der Waals surface area contributed by atoms with E-state index < -0.39 is 10.0 Å². The zero-order valence-electron chi connectivity index (χ0n) is 14.0. The van der Waals surface area contributed by atoms with Crippen LogP contribution in [0, 0.1) is 0 Å². The SMILES string of the molecule is O=S(=O)(c1ccc(Cl)cc1)N1CCCC1c1c(O)ccc2ccccc12. The summed E-state index contributed by atoms with van der Waals surface area (Å²) in [6.07, 6.45) is 1.43. The van der Waals surface area contributed by atoms with E-state index in [9.17, 15) is 13.5 Å². The van der Waals surface area contributed by atoms with Crippen molar-refractivity contribution in [2.45, 2.75) is 23.8 Å². The number of halogens is 1. The van der Waals surface area contributed by atoms with Crippen molar-refractivity contribution >= 4 is 32.4 Å². The van der Waals surface area contributed by atoms with Gasteiger partial charge in [0.2, 0.25) is 10.0 Å². The molecule has 3 aromatic carbocycles. The Balaban J connectivity index is 1.83. The summed E-state index contributed by atoms with van der Waals surface area (Å²) < 4.78 is 27.9. The highest BCUT2D eigenvalue weighted by molar-refractivity contribution is 7.89. The summed E-state index contributed by atoms with van der Waals surface area (Å²) in [6.45, 7) is 0.429. The first kappa shape index (κ1) is 17.3. The van der Waals surface area contributed by atoms with Gasteiger partial charge in [-0.15, -0.1) is 0 Å². The van der Waals surface area contributed by atoms with Crippen LogP contribution in [0.15, 0.2) is 65.6 Å². The number of nitrogens with zero attached hydrogens (tertiary/aromatic N) is 1. The van der Waals surface area contributed by atoms with E-state index >= 15 is 0 Å². The van der Waals surface area contributed by atoms with Crippen molar-refractivity contribution in [2.75, 3.05) is 6.54 Å². The molecule has 0 aromatic heterocycles. The van der Waals surface area contributed by atoms with E-state index in [1.165, 1.54) is 16.4 Å². The maximum Gasteiger partial charge on any atom is 0.243 e. The van der Waals surface area contributed by atoms with E-state index in [1.54, 1.807) is 18.2 Å². The molecule has 0 radical (unpaired) electrons. The average Bonchev–Trinajstić information content (AvgIpc) is 3.12. The molecule has 6 heteroatoms. The summed E-state index contributed by atoms with van der Waals surface area (Å²) in [5.41, 5.74) is 0.679. The van der Waals surface area contributed by atoms with Crippen LogP contribution in [-0.2, 0) is 10.0 Å². The fraction of sp³-hybridized carbons (Fsp3) is 0.200. The maximum absolute atomic E-state index is 13.2. The molecule has 3 aromatic rings. The van der Waals surface area contributed by atoms with Gasteiger partial charge < -0.3 is 5.11 Å².